The molecule has 1 aromatic heterocycles. The number of anilines is 2. The molecule has 1 aliphatic rings. The summed E-state index contributed by atoms with van der Waals surface area (Å²) >= 11 is 11.9. The molecule has 0 fully saturated rings. The second-order valence-electron chi connectivity index (χ2n) is 4.05. The Morgan fingerprint density at radius 1 is 1.10 bits per heavy atom. The van der Waals surface area contributed by atoms with Gasteiger partial charge in [-0.1, -0.05) is 23.2 Å². The van der Waals surface area contributed by atoms with Crippen LogP contribution < -0.4 is 4.90 Å². The molecule has 8 heteroatoms. The van der Waals surface area contributed by atoms with Crippen molar-refractivity contribution >= 4 is 40.7 Å². The number of carbonyl (C=O) groups is 1. The molecule has 0 unspecified atom stereocenters. The second kappa shape index (κ2) is 4.36. The molecule has 0 saturated carbocycles. The molecule has 0 N–H and O–H groups in total. The molecule has 2 aromatic rings. The molecule has 0 radical (unpaired) electrons. The second-order valence-corrected chi connectivity index (χ2v) is 5.37. The number of carbonyl (C=O) groups excluding carboxylic acids is 1. The minimum absolute atomic E-state index is 0.0186. The minimum atomic E-state index is -2.01. The van der Waals surface area contributed by atoms with E-state index in [1.54, 1.807) is 6.07 Å². The zero-order chi connectivity index (χ0) is 14.5. The molecular weight excluding hydrogens is 311 g/mol. The average molecular weight is 316 g/mol. The molecule has 2 heterocycles. The molecular formula is C12H5Cl2F2N3O. The first-order valence-electron chi connectivity index (χ1n) is 5.42. The number of amides is 1. The number of hydrogen-bond acceptors (Lipinski definition) is 3. The van der Waals surface area contributed by atoms with E-state index in [0.29, 0.717) is 0 Å². The van der Waals surface area contributed by atoms with Gasteiger partial charge >= 0.3 is 0 Å². The fourth-order valence-electron chi connectivity index (χ4n) is 1.94. The SMILES string of the molecule is O=C1N(c2ncccn2)c2cc(F)c(F)cc2C1(Cl)Cl. The van der Waals surface area contributed by atoms with E-state index < -0.39 is 21.9 Å². The van der Waals surface area contributed by atoms with Gasteiger partial charge in [-0.15, -0.1) is 0 Å². The summed E-state index contributed by atoms with van der Waals surface area (Å²) < 4.78 is 24.7. The van der Waals surface area contributed by atoms with Gasteiger partial charge in [0.25, 0.3) is 5.91 Å². The van der Waals surface area contributed by atoms with Crippen molar-refractivity contribution in [1.82, 2.24) is 9.97 Å². The van der Waals surface area contributed by atoms with Crippen LogP contribution in [-0.4, -0.2) is 15.9 Å². The van der Waals surface area contributed by atoms with Crippen molar-refractivity contribution in [3.63, 3.8) is 0 Å². The van der Waals surface area contributed by atoms with E-state index in [2.05, 4.69) is 9.97 Å². The normalized spacial score (nSPS) is 16.4. The number of benzene rings is 1. The molecule has 102 valence electrons. The Kier molecular flexibility index (Phi) is 2.88. The Balaban J connectivity index is 2.26. The van der Waals surface area contributed by atoms with Crippen molar-refractivity contribution in [2.45, 2.75) is 4.33 Å². The van der Waals surface area contributed by atoms with Gasteiger partial charge in [0.05, 0.1) is 5.69 Å². The number of halogens is 4. The van der Waals surface area contributed by atoms with Crippen LogP contribution in [0.1, 0.15) is 5.56 Å². The van der Waals surface area contributed by atoms with Gasteiger partial charge in [0.15, 0.2) is 11.6 Å². The van der Waals surface area contributed by atoms with E-state index in [-0.39, 0.29) is 17.2 Å². The van der Waals surface area contributed by atoms with Crippen LogP contribution in [0, 0.1) is 11.6 Å². The van der Waals surface area contributed by atoms with Crippen LogP contribution in [0.3, 0.4) is 0 Å². The maximum atomic E-state index is 13.4. The highest BCUT2D eigenvalue weighted by Crippen LogP contribution is 2.50. The lowest BCUT2D eigenvalue weighted by Crippen LogP contribution is -2.30. The average Bonchev–Trinajstić information content (AvgIpc) is 2.60. The van der Waals surface area contributed by atoms with Gasteiger partial charge in [-0.3, -0.25) is 4.79 Å². The summed E-state index contributed by atoms with van der Waals surface area (Å²) in [5.41, 5.74) is -0.0257. The Bertz CT molecular complexity index is 709. The van der Waals surface area contributed by atoms with Crippen LogP contribution in [0.5, 0.6) is 0 Å². The summed E-state index contributed by atoms with van der Waals surface area (Å²) in [5.74, 6) is -3.07. The van der Waals surface area contributed by atoms with E-state index in [0.717, 1.165) is 17.0 Å². The molecule has 1 amide bonds. The maximum absolute atomic E-state index is 13.4. The standard InChI is InChI=1S/C12H5Cl2F2N3O/c13-12(14)6-4-7(15)8(16)5-9(6)19(10(12)20)11-17-2-1-3-18-11/h1-5H. The summed E-state index contributed by atoms with van der Waals surface area (Å²) in [6, 6.07) is 3.18. The summed E-state index contributed by atoms with van der Waals surface area (Å²) in [7, 11) is 0. The van der Waals surface area contributed by atoms with E-state index in [4.69, 9.17) is 23.2 Å². The number of hydrogen-bond donors (Lipinski definition) is 0. The lowest BCUT2D eigenvalue weighted by atomic mass is 10.1. The third-order valence-corrected chi connectivity index (χ3v) is 3.57. The summed E-state index contributed by atoms with van der Waals surface area (Å²) in [6.45, 7) is 0. The van der Waals surface area contributed by atoms with Gasteiger partial charge in [-0.25, -0.2) is 23.6 Å². The zero-order valence-corrected chi connectivity index (χ0v) is 11.2. The van der Waals surface area contributed by atoms with Crippen molar-refractivity contribution in [1.29, 1.82) is 0 Å². The lowest BCUT2D eigenvalue weighted by Gasteiger charge is -2.15. The van der Waals surface area contributed by atoms with Crippen molar-refractivity contribution in [2.75, 3.05) is 4.90 Å². The van der Waals surface area contributed by atoms with Crippen LogP contribution in [0.2, 0.25) is 0 Å². The van der Waals surface area contributed by atoms with Gasteiger partial charge < -0.3 is 0 Å². The Hall–Kier alpha value is -1.79. The largest absolute Gasteiger partial charge is 0.275 e. The van der Waals surface area contributed by atoms with Crippen LogP contribution in [0.25, 0.3) is 0 Å². The molecule has 1 aliphatic heterocycles. The minimum Gasteiger partial charge on any atom is -0.270 e. The fourth-order valence-corrected chi connectivity index (χ4v) is 2.41. The van der Waals surface area contributed by atoms with Crippen molar-refractivity contribution < 1.29 is 13.6 Å². The summed E-state index contributed by atoms with van der Waals surface area (Å²) in [6.07, 6.45) is 2.80. The van der Waals surface area contributed by atoms with Gasteiger partial charge in [0, 0.05) is 24.0 Å². The third-order valence-electron chi connectivity index (χ3n) is 2.84. The highest BCUT2D eigenvalue weighted by Gasteiger charge is 2.50. The maximum Gasteiger partial charge on any atom is 0.275 e. The number of alkyl halides is 2. The molecule has 20 heavy (non-hydrogen) atoms. The van der Waals surface area contributed by atoms with E-state index in [9.17, 15) is 13.6 Å². The van der Waals surface area contributed by atoms with Crippen molar-refractivity contribution in [3.05, 3.63) is 47.8 Å². The van der Waals surface area contributed by atoms with E-state index >= 15 is 0 Å². The van der Waals surface area contributed by atoms with Crippen LogP contribution in [0.15, 0.2) is 30.6 Å². The Labute approximate surface area is 122 Å². The predicted molar refractivity (Wildman–Crippen MR) is 68.9 cm³/mol. The first kappa shape index (κ1) is 13.2. The molecule has 0 atom stereocenters. The zero-order valence-electron chi connectivity index (χ0n) is 9.65. The molecule has 4 nitrogen and oxygen atoms in total. The van der Waals surface area contributed by atoms with E-state index in [1.165, 1.54) is 12.4 Å². The highest BCUT2D eigenvalue weighted by molar-refractivity contribution is 6.60. The van der Waals surface area contributed by atoms with Crippen molar-refractivity contribution in [3.8, 4) is 0 Å². The lowest BCUT2D eigenvalue weighted by molar-refractivity contribution is -0.118. The predicted octanol–water partition coefficient (Wildman–Crippen LogP) is 3.06. The fraction of sp³-hybridized carbons (Fsp3) is 0.0833. The molecule has 0 bridgehead atoms. The first-order chi connectivity index (χ1) is 9.43. The number of fused-ring (bicyclic) bond motifs is 1. The van der Waals surface area contributed by atoms with Crippen molar-refractivity contribution in [2.24, 2.45) is 0 Å². The van der Waals surface area contributed by atoms with Crippen LogP contribution in [0.4, 0.5) is 20.4 Å². The van der Waals surface area contributed by atoms with Gasteiger partial charge in [0.1, 0.15) is 0 Å². The molecule has 3 rings (SSSR count). The van der Waals surface area contributed by atoms with Gasteiger partial charge in [-0.05, 0) is 12.1 Å². The van der Waals surface area contributed by atoms with Crippen LogP contribution in [-0.2, 0) is 9.13 Å². The van der Waals surface area contributed by atoms with Gasteiger partial charge in [0.2, 0.25) is 10.3 Å². The molecule has 1 aromatic carbocycles. The Morgan fingerprint density at radius 2 is 1.70 bits per heavy atom. The number of nitrogens with zero attached hydrogens (tertiary/aromatic N) is 3. The topological polar surface area (TPSA) is 46.1 Å². The van der Waals surface area contributed by atoms with Crippen LogP contribution >= 0.6 is 23.2 Å². The van der Waals surface area contributed by atoms with E-state index in [1.807, 2.05) is 0 Å². The number of rotatable bonds is 1. The molecule has 0 spiro atoms. The summed E-state index contributed by atoms with van der Waals surface area (Å²) in [5, 5.41) is 0. The number of aromatic nitrogens is 2. The quantitative estimate of drug-likeness (QED) is 0.760. The monoisotopic (exact) mass is 315 g/mol. The molecule has 0 saturated heterocycles. The Morgan fingerprint density at radius 3 is 2.35 bits per heavy atom. The molecule has 0 aliphatic carbocycles. The summed E-state index contributed by atoms with van der Waals surface area (Å²) in [4.78, 5) is 21.0. The van der Waals surface area contributed by atoms with Gasteiger partial charge in [-0.2, -0.15) is 0 Å². The third kappa shape index (κ3) is 1.76. The smallest absolute Gasteiger partial charge is 0.270 e. The first-order valence-corrected chi connectivity index (χ1v) is 6.17. The highest BCUT2D eigenvalue weighted by atomic mass is 35.5.